The summed E-state index contributed by atoms with van der Waals surface area (Å²) in [6.07, 6.45) is 1.30. The Bertz CT molecular complexity index is 1380. The van der Waals surface area contributed by atoms with E-state index in [-0.39, 0.29) is 24.3 Å². The summed E-state index contributed by atoms with van der Waals surface area (Å²) < 4.78 is 29.4. The Morgan fingerprint density at radius 3 is 2.31 bits per heavy atom. The molecule has 0 unspecified atom stereocenters. The first-order chi connectivity index (χ1) is 16.7. The van der Waals surface area contributed by atoms with E-state index in [1.807, 2.05) is 31.2 Å². The van der Waals surface area contributed by atoms with Crippen LogP contribution in [0.3, 0.4) is 0 Å². The fourth-order valence-electron chi connectivity index (χ4n) is 5.55. The number of halogens is 1. The van der Waals surface area contributed by atoms with E-state index in [0.29, 0.717) is 23.6 Å². The molecule has 6 nitrogen and oxygen atoms in total. The van der Waals surface area contributed by atoms with Crippen LogP contribution >= 0.6 is 11.6 Å². The number of aliphatic carboxylic acids is 1. The van der Waals surface area contributed by atoms with Crippen molar-refractivity contribution >= 4 is 33.3 Å². The lowest BCUT2D eigenvalue weighted by molar-refractivity contribution is -0.144. The van der Waals surface area contributed by atoms with Crippen molar-refractivity contribution in [1.29, 1.82) is 0 Å². The van der Waals surface area contributed by atoms with Crippen LogP contribution in [-0.4, -0.2) is 29.3 Å². The van der Waals surface area contributed by atoms with Crippen molar-refractivity contribution < 1.29 is 18.3 Å². The van der Waals surface area contributed by atoms with E-state index in [2.05, 4.69) is 5.32 Å². The van der Waals surface area contributed by atoms with Crippen LogP contribution in [-0.2, 0) is 26.9 Å². The van der Waals surface area contributed by atoms with E-state index >= 15 is 0 Å². The zero-order valence-electron chi connectivity index (χ0n) is 19.4. The largest absolute Gasteiger partial charge is 0.480 e. The Morgan fingerprint density at radius 1 is 0.971 bits per heavy atom. The summed E-state index contributed by atoms with van der Waals surface area (Å²) in [6.45, 7) is 2.19. The molecule has 2 aliphatic rings. The number of sulfonamides is 1. The lowest BCUT2D eigenvalue weighted by Crippen LogP contribution is -2.56. The molecule has 1 aliphatic carbocycles. The zero-order chi connectivity index (χ0) is 24.8. The van der Waals surface area contributed by atoms with Crippen molar-refractivity contribution in [3.05, 3.63) is 94.5 Å². The van der Waals surface area contributed by atoms with Gasteiger partial charge in [-0.1, -0.05) is 59.6 Å². The molecule has 0 saturated heterocycles. The van der Waals surface area contributed by atoms with Crippen LogP contribution in [0.15, 0.2) is 77.7 Å². The van der Waals surface area contributed by atoms with Crippen molar-refractivity contribution in [2.75, 3.05) is 5.32 Å². The molecule has 1 saturated carbocycles. The molecule has 0 aromatic heterocycles. The van der Waals surface area contributed by atoms with Gasteiger partial charge in [0.25, 0.3) is 0 Å². The number of fused-ring (bicyclic) bond motifs is 2. The van der Waals surface area contributed by atoms with Crippen LogP contribution < -0.4 is 5.32 Å². The van der Waals surface area contributed by atoms with Crippen molar-refractivity contribution in [3.8, 4) is 0 Å². The summed E-state index contributed by atoms with van der Waals surface area (Å²) in [5.41, 5.74) is 1.54. The minimum atomic E-state index is -3.81. The molecule has 2 N–H and O–H groups in total. The van der Waals surface area contributed by atoms with Crippen molar-refractivity contribution in [3.63, 3.8) is 0 Å². The Kier molecular flexibility index (Phi) is 5.90. The lowest BCUT2D eigenvalue weighted by atomic mass is 9.69. The van der Waals surface area contributed by atoms with Gasteiger partial charge in [0.15, 0.2) is 0 Å². The number of nitrogens with one attached hydrogen (secondary N) is 1. The summed E-state index contributed by atoms with van der Waals surface area (Å²) in [7, 11) is -3.81. The highest BCUT2D eigenvalue weighted by atomic mass is 35.5. The van der Waals surface area contributed by atoms with Gasteiger partial charge in [0.1, 0.15) is 5.54 Å². The fraction of sp³-hybridized carbons (Fsp3) is 0.296. The molecule has 1 aliphatic heterocycles. The third kappa shape index (κ3) is 4.01. The van der Waals surface area contributed by atoms with Crippen LogP contribution in [0.2, 0.25) is 5.02 Å². The Labute approximate surface area is 210 Å². The third-order valence-electron chi connectivity index (χ3n) is 7.47. The van der Waals surface area contributed by atoms with Gasteiger partial charge in [-0.25, -0.2) is 13.2 Å². The van der Waals surface area contributed by atoms with Gasteiger partial charge in [-0.05, 0) is 74.1 Å². The molecule has 182 valence electrons. The number of aryl methyl sites for hydroxylation is 1. The first kappa shape index (κ1) is 23.9. The number of carbonyl (C=O) groups is 1. The molecule has 3 aromatic rings. The Morgan fingerprint density at radius 2 is 1.66 bits per heavy atom. The number of nitrogens with zero attached hydrogens (tertiary/aromatic N) is 1. The monoisotopic (exact) mass is 510 g/mol. The minimum Gasteiger partial charge on any atom is -0.480 e. The first-order valence-electron chi connectivity index (χ1n) is 11.6. The normalized spacial score (nSPS) is 24.3. The predicted octanol–water partition coefficient (Wildman–Crippen LogP) is 5.56. The molecule has 1 spiro atoms. The molecule has 35 heavy (non-hydrogen) atoms. The molecule has 3 aromatic carbocycles. The van der Waals surface area contributed by atoms with Gasteiger partial charge in [0.2, 0.25) is 10.0 Å². The Hall–Kier alpha value is -2.87. The molecule has 0 atom stereocenters. The second-order valence-electron chi connectivity index (χ2n) is 9.54. The van der Waals surface area contributed by atoms with E-state index in [9.17, 15) is 18.3 Å². The second-order valence-corrected chi connectivity index (χ2v) is 11.8. The smallest absolute Gasteiger partial charge is 0.329 e. The van der Waals surface area contributed by atoms with Gasteiger partial charge >= 0.3 is 5.97 Å². The summed E-state index contributed by atoms with van der Waals surface area (Å²) in [4.78, 5) is 12.8. The maximum absolute atomic E-state index is 13.9. The topological polar surface area (TPSA) is 86.7 Å². The average Bonchev–Trinajstić information content (AvgIpc) is 3.16. The molecule has 1 heterocycles. The van der Waals surface area contributed by atoms with Gasteiger partial charge < -0.3 is 10.4 Å². The first-order valence-corrected chi connectivity index (χ1v) is 13.4. The summed E-state index contributed by atoms with van der Waals surface area (Å²) in [6, 6.07) is 21.7. The summed E-state index contributed by atoms with van der Waals surface area (Å²) in [5, 5.41) is 14.0. The number of rotatable bonds is 5. The minimum absolute atomic E-state index is 0.252. The number of hydrogen-bond acceptors (Lipinski definition) is 4. The van der Waals surface area contributed by atoms with Gasteiger partial charge in [-0.3, -0.25) is 0 Å². The maximum atomic E-state index is 13.9. The number of anilines is 1. The molecular weight excluding hydrogens is 484 g/mol. The number of hydrogen-bond donors (Lipinski definition) is 2. The van der Waals surface area contributed by atoms with Gasteiger partial charge in [0.05, 0.1) is 10.4 Å². The second kappa shape index (κ2) is 8.66. The predicted molar refractivity (Wildman–Crippen MR) is 136 cm³/mol. The highest BCUT2D eigenvalue weighted by Crippen LogP contribution is 2.53. The van der Waals surface area contributed by atoms with Crippen molar-refractivity contribution in [1.82, 2.24) is 4.31 Å². The highest BCUT2D eigenvalue weighted by molar-refractivity contribution is 7.89. The lowest BCUT2D eigenvalue weighted by Gasteiger charge is -2.47. The molecular formula is C27H27ClN2O4S. The fourth-order valence-corrected chi connectivity index (χ4v) is 7.52. The van der Waals surface area contributed by atoms with Crippen LogP contribution in [0.4, 0.5) is 5.69 Å². The molecule has 0 radical (unpaired) electrons. The summed E-state index contributed by atoms with van der Waals surface area (Å²) >= 11 is 6.12. The van der Waals surface area contributed by atoms with E-state index in [4.69, 9.17) is 11.6 Å². The number of benzene rings is 3. The SMILES string of the molecule is Cc1ccc(S(=O)(=O)N2Cc3ccccc3C23CCC(Nc2cccc(Cl)c2)(C(=O)O)CC3)cc1. The number of carboxylic acid groups (broad SMARTS) is 1. The van der Waals surface area contributed by atoms with Crippen LogP contribution in [0.25, 0.3) is 0 Å². The summed E-state index contributed by atoms with van der Waals surface area (Å²) in [5.74, 6) is -0.952. The maximum Gasteiger partial charge on any atom is 0.329 e. The van der Waals surface area contributed by atoms with Crippen LogP contribution in [0.5, 0.6) is 0 Å². The van der Waals surface area contributed by atoms with Gasteiger partial charge in [-0.15, -0.1) is 0 Å². The van der Waals surface area contributed by atoms with E-state index in [0.717, 1.165) is 16.7 Å². The molecule has 1 fully saturated rings. The standard InChI is InChI=1S/C27H27ClN2O4S/c1-19-9-11-23(12-10-19)35(33,34)30-18-20-5-2-3-8-24(20)27(30)15-13-26(14-16-27,25(31)32)29-22-7-4-6-21(28)17-22/h2-12,17,29H,13-16,18H2,1H3,(H,31,32). The molecule has 0 bridgehead atoms. The quantitative estimate of drug-likeness (QED) is 0.469. The molecule has 5 rings (SSSR count). The third-order valence-corrected chi connectivity index (χ3v) is 9.63. The highest BCUT2D eigenvalue weighted by Gasteiger charge is 2.56. The number of carboxylic acids is 1. The van der Waals surface area contributed by atoms with E-state index < -0.39 is 27.1 Å². The van der Waals surface area contributed by atoms with Gasteiger partial charge in [0, 0.05) is 17.3 Å². The van der Waals surface area contributed by atoms with Crippen LogP contribution in [0, 0.1) is 6.92 Å². The van der Waals surface area contributed by atoms with Crippen molar-refractivity contribution in [2.45, 2.75) is 55.1 Å². The van der Waals surface area contributed by atoms with E-state index in [1.165, 1.54) is 0 Å². The zero-order valence-corrected chi connectivity index (χ0v) is 20.9. The Balaban J connectivity index is 1.53. The molecule has 0 amide bonds. The van der Waals surface area contributed by atoms with Crippen LogP contribution in [0.1, 0.15) is 42.4 Å². The van der Waals surface area contributed by atoms with Gasteiger partial charge in [-0.2, -0.15) is 4.31 Å². The molecule has 8 heteroatoms. The van der Waals surface area contributed by atoms with E-state index in [1.54, 1.807) is 52.8 Å². The van der Waals surface area contributed by atoms with Crippen molar-refractivity contribution in [2.24, 2.45) is 0 Å². The average molecular weight is 511 g/mol.